The van der Waals surface area contributed by atoms with Gasteiger partial charge in [0, 0.05) is 0 Å². The molecular weight excluding hydrogens is 192 g/mol. The number of aliphatic hydroxyl groups excluding tert-OH is 2. The van der Waals surface area contributed by atoms with Crippen LogP contribution in [0.4, 0.5) is 0 Å². The molecule has 0 radical (unpaired) electrons. The molecule has 0 saturated carbocycles. The summed E-state index contributed by atoms with van der Waals surface area (Å²) < 4.78 is 5.11. The number of rotatable bonds is 5. The number of ether oxygens (including phenoxy) is 1. The predicted octanol–water partition coefficient (Wildman–Crippen LogP) is 1.29. The van der Waals surface area contributed by atoms with Gasteiger partial charge >= 0.3 is 0 Å². The van der Waals surface area contributed by atoms with Crippen LogP contribution in [-0.4, -0.2) is 30.0 Å². The van der Waals surface area contributed by atoms with E-state index in [1.54, 1.807) is 7.11 Å². The maximum Gasteiger partial charge on any atom is 0.119 e. The summed E-state index contributed by atoms with van der Waals surface area (Å²) in [6.07, 6.45) is 0.743. The molecule has 15 heavy (non-hydrogen) atoms. The van der Waals surface area contributed by atoms with Gasteiger partial charge in [-0.15, -0.1) is 0 Å². The maximum atomic E-state index is 9.24. The van der Waals surface area contributed by atoms with Gasteiger partial charge in [0.1, 0.15) is 5.75 Å². The van der Waals surface area contributed by atoms with Crippen molar-refractivity contribution < 1.29 is 14.9 Å². The van der Waals surface area contributed by atoms with Crippen molar-refractivity contribution >= 4 is 0 Å². The lowest BCUT2D eigenvalue weighted by Gasteiger charge is -2.10. The van der Waals surface area contributed by atoms with Crippen LogP contribution in [0, 0.1) is 6.92 Å². The van der Waals surface area contributed by atoms with E-state index in [1.807, 2.05) is 25.1 Å². The summed E-state index contributed by atoms with van der Waals surface area (Å²) in [7, 11) is 1.64. The first kappa shape index (κ1) is 12.0. The number of benzene rings is 1. The Morgan fingerprint density at radius 1 is 1.40 bits per heavy atom. The molecular formula is C12H18O3. The zero-order chi connectivity index (χ0) is 11.3. The second kappa shape index (κ2) is 5.73. The largest absolute Gasteiger partial charge is 0.497 e. The number of aliphatic hydroxyl groups is 2. The summed E-state index contributed by atoms with van der Waals surface area (Å²) in [5.74, 6) is 0.846. The average molecular weight is 210 g/mol. The van der Waals surface area contributed by atoms with E-state index in [0.717, 1.165) is 17.7 Å². The van der Waals surface area contributed by atoms with Gasteiger partial charge in [-0.3, -0.25) is 0 Å². The van der Waals surface area contributed by atoms with Crippen LogP contribution in [0.5, 0.6) is 5.75 Å². The molecule has 0 aromatic heterocycles. The average Bonchev–Trinajstić information content (AvgIpc) is 2.26. The fourth-order valence-electron chi connectivity index (χ4n) is 1.49. The Bertz CT molecular complexity index is 310. The minimum atomic E-state index is -0.619. The van der Waals surface area contributed by atoms with Crippen molar-refractivity contribution in [1.29, 1.82) is 0 Å². The van der Waals surface area contributed by atoms with Gasteiger partial charge in [0.15, 0.2) is 0 Å². The number of hydrogen-bond donors (Lipinski definition) is 2. The Hall–Kier alpha value is -1.06. The molecule has 0 heterocycles. The first-order valence-electron chi connectivity index (χ1n) is 5.09. The van der Waals surface area contributed by atoms with E-state index >= 15 is 0 Å². The van der Waals surface area contributed by atoms with E-state index in [4.69, 9.17) is 9.84 Å². The minimum absolute atomic E-state index is 0.171. The van der Waals surface area contributed by atoms with Crippen LogP contribution in [0.3, 0.4) is 0 Å². The SMILES string of the molecule is COc1ccc(CCC(O)CO)c(C)c1. The molecule has 1 rings (SSSR count). The summed E-state index contributed by atoms with van der Waals surface area (Å²) in [4.78, 5) is 0. The molecule has 1 aromatic carbocycles. The van der Waals surface area contributed by atoms with Crippen molar-refractivity contribution in [2.24, 2.45) is 0 Å². The highest BCUT2D eigenvalue weighted by atomic mass is 16.5. The van der Waals surface area contributed by atoms with Crippen LogP contribution >= 0.6 is 0 Å². The van der Waals surface area contributed by atoms with Crippen LogP contribution in [-0.2, 0) is 6.42 Å². The van der Waals surface area contributed by atoms with Crippen LogP contribution < -0.4 is 4.74 Å². The Kier molecular flexibility index (Phi) is 4.59. The molecule has 0 spiro atoms. The third-order valence-electron chi connectivity index (χ3n) is 2.51. The van der Waals surface area contributed by atoms with Crippen molar-refractivity contribution in [1.82, 2.24) is 0 Å². The quantitative estimate of drug-likeness (QED) is 0.770. The molecule has 0 fully saturated rings. The summed E-state index contributed by atoms with van der Waals surface area (Å²) in [6, 6.07) is 5.88. The maximum absolute atomic E-state index is 9.24. The standard InChI is InChI=1S/C12H18O3/c1-9-7-12(15-2)6-4-10(9)3-5-11(14)8-13/h4,6-7,11,13-14H,3,5,8H2,1-2H3. The highest BCUT2D eigenvalue weighted by Gasteiger charge is 2.05. The number of methoxy groups -OCH3 is 1. The molecule has 0 bridgehead atoms. The third kappa shape index (κ3) is 3.53. The minimum Gasteiger partial charge on any atom is -0.497 e. The monoisotopic (exact) mass is 210 g/mol. The van der Waals surface area contributed by atoms with Crippen LogP contribution in [0.1, 0.15) is 17.5 Å². The second-order valence-corrected chi connectivity index (χ2v) is 3.67. The molecule has 84 valence electrons. The van der Waals surface area contributed by atoms with Gasteiger partial charge in [0.2, 0.25) is 0 Å². The molecule has 1 unspecified atom stereocenters. The zero-order valence-electron chi connectivity index (χ0n) is 9.23. The normalized spacial score (nSPS) is 12.5. The lowest BCUT2D eigenvalue weighted by molar-refractivity contribution is 0.0885. The molecule has 0 aliphatic heterocycles. The summed E-state index contributed by atoms with van der Waals surface area (Å²) in [5, 5.41) is 17.9. The van der Waals surface area contributed by atoms with Crippen molar-refractivity contribution in [2.45, 2.75) is 25.9 Å². The summed E-state index contributed by atoms with van der Waals surface area (Å²) in [5.41, 5.74) is 2.34. The number of hydrogen-bond acceptors (Lipinski definition) is 3. The topological polar surface area (TPSA) is 49.7 Å². The van der Waals surface area contributed by atoms with Crippen molar-refractivity contribution in [3.05, 3.63) is 29.3 Å². The lowest BCUT2D eigenvalue weighted by atomic mass is 10.0. The van der Waals surface area contributed by atoms with E-state index in [0.29, 0.717) is 6.42 Å². The second-order valence-electron chi connectivity index (χ2n) is 3.67. The fourth-order valence-corrected chi connectivity index (χ4v) is 1.49. The highest BCUT2D eigenvalue weighted by molar-refractivity contribution is 5.34. The Morgan fingerprint density at radius 2 is 2.13 bits per heavy atom. The summed E-state index contributed by atoms with van der Waals surface area (Å²) in [6.45, 7) is 1.85. The Morgan fingerprint density at radius 3 is 2.67 bits per heavy atom. The third-order valence-corrected chi connectivity index (χ3v) is 2.51. The number of aryl methyl sites for hydroxylation is 2. The molecule has 3 heteroatoms. The van der Waals surface area contributed by atoms with Crippen molar-refractivity contribution in [2.75, 3.05) is 13.7 Å². The Balaban J connectivity index is 2.62. The molecule has 0 aliphatic carbocycles. The van der Waals surface area contributed by atoms with Gasteiger partial charge in [-0.1, -0.05) is 6.07 Å². The molecule has 0 saturated heterocycles. The fraction of sp³-hybridized carbons (Fsp3) is 0.500. The smallest absolute Gasteiger partial charge is 0.119 e. The van der Waals surface area contributed by atoms with E-state index in [9.17, 15) is 5.11 Å². The molecule has 1 atom stereocenters. The van der Waals surface area contributed by atoms with E-state index in [2.05, 4.69) is 0 Å². The van der Waals surface area contributed by atoms with Crippen LogP contribution in [0.25, 0.3) is 0 Å². The van der Waals surface area contributed by atoms with Crippen LogP contribution in [0.15, 0.2) is 18.2 Å². The zero-order valence-corrected chi connectivity index (χ0v) is 9.23. The van der Waals surface area contributed by atoms with Crippen LogP contribution in [0.2, 0.25) is 0 Å². The highest BCUT2D eigenvalue weighted by Crippen LogP contribution is 2.18. The van der Waals surface area contributed by atoms with Gasteiger partial charge in [-0.25, -0.2) is 0 Å². The first-order valence-corrected chi connectivity index (χ1v) is 5.09. The van der Waals surface area contributed by atoms with Gasteiger partial charge < -0.3 is 14.9 Å². The van der Waals surface area contributed by atoms with Gasteiger partial charge in [-0.2, -0.15) is 0 Å². The first-order chi connectivity index (χ1) is 7.17. The molecule has 2 N–H and O–H groups in total. The van der Waals surface area contributed by atoms with Crippen molar-refractivity contribution in [3.63, 3.8) is 0 Å². The molecule has 0 aliphatic rings. The van der Waals surface area contributed by atoms with E-state index in [-0.39, 0.29) is 6.61 Å². The molecule has 0 amide bonds. The Labute approximate surface area is 90.3 Å². The van der Waals surface area contributed by atoms with E-state index in [1.165, 1.54) is 5.56 Å². The lowest BCUT2D eigenvalue weighted by Crippen LogP contribution is -2.12. The van der Waals surface area contributed by atoms with Gasteiger partial charge in [0.05, 0.1) is 19.8 Å². The molecule has 1 aromatic rings. The van der Waals surface area contributed by atoms with Crippen molar-refractivity contribution in [3.8, 4) is 5.75 Å². The van der Waals surface area contributed by atoms with E-state index < -0.39 is 6.10 Å². The van der Waals surface area contributed by atoms with Gasteiger partial charge in [0.25, 0.3) is 0 Å². The molecule has 3 nitrogen and oxygen atoms in total. The predicted molar refractivity (Wildman–Crippen MR) is 59.1 cm³/mol. The summed E-state index contributed by atoms with van der Waals surface area (Å²) >= 11 is 0. The van der Waals surface area contributed by atoms with Gasteiger partial charge in [-0.05, 0) is 43.0 Å².